The summed E-state index contributed by atoms with van der Waals surface area (Å²) in [5.41, 5.74) is -2.02. The van der Waals surface area contributed by atoms with Crippen molar-refractivity contribution in [3.8, 4) is 5.88 Å². The number of aromatic amines is 1. The van der Waals surface area contributed by atoms with E-state index in [2.05, 4.69) is 0 Å². The average molecular weight is 284 g/mol. The highest BCUT2D eigenvalue weighted by Crippen LogP contribution is 2.29. The number of hydrogen-bond donors (Lipinski definition) is 2. The molecular formula is C12H13FN2O3S. The van der Waals surface area contributed by atoms with Crippen LogP contribution in [0.1, 0.15) is 30.7 Å². The quantitative estimate of drug-likeness (QED) is 0.899. The Labute approximate surface area is 112 Å². The molecule has 2 heterocycles. The van der Waals surface area contributed by atoms with Crippen molar-refractivity contribution in [3.63, 3.8) is 0 Å². The highest BCUT2D eigenvalue weighted by Gasteiger charge is 2.22. The van der Waals surface area contributed by atoms with Gasteiger partial charge < -0.3 is 5.11 Å². The Balaban J connectivity index is 2.64. The van der Waals surface area contributed by atoms with Crippen LogP contribution in [0.2, 0.25) is 0 Å². The van der Waals surface area contributed by atoms with Gasteiger partial charge in [-0.25, -0.2) is 4.79 Å². The Morgan fingerprint density at radius 3 is 2.84 bits per heavy atom. The third kappa shape index (κ3) is 2.46. The zero-order valence-electron chi connectivity index (χ0n) is 10.2. The van der Waals surface area contributed by atoms with Gasteiger partial charge in [0.05, 0.1) is 6.04 Å². The fraction of sp³-hybridized carbons (Fsp3) is 0.333. The lowest BCUT2D eigenvalue weighted by Gasteiger charge is -2.18. The normalized spacial score (nSPS) is 12.5. The van der Waals surface area contributed by atoms with E-state index < -0.39 is 29.0 Å². The predicted molar refractivity (Wildman–Crippen MR) is 70.3 cm³/mol. The molecule has 0 saturated carbocycles. The molecule has 2 aromatic heterocycles. The fourth-order valence-electron chi connectivity index (χ4n) is 1.96. The van der Waals surface area contributed by atoms with E-state index in [9.17, 15) is 19.1 Å². The van der Waals surface area contributed by atoms with E-state index in [0.717, 1.165) is 15.9 Å². The first-order chi connectivity index (χ1) is 9.06. The molecule has 2 N–H and O–H groups in total. The van der Waals surface area contributed by atoms with Gasteiger partial charge in [0.15, 0.2) is 0 Å². The lowest BCUT2D eigenvalue weighted by atomic mass is 10.1. The molecule has 0 aliphatic heterocycles. The van der Waals surface area contributed by atoms with Gasteiger partial charge in [-0.2, -0.15) is 4.39 Å². The molecule has 1 unspecified atom stereocenters. The number of aromatic nitrogens is 2. The second-order valence-electron chi connectivity index (χ2n) is 4.09. The molecule has 2 aromatic rings. The van der Waals surface area contributed by atoms with Crippen LogP contribution in [0.5, 0.6) is 5.88 Å². The van der Waals surface area contributed by atoms with Gasteiger partial charge in [0.25, 0.3) is 5.56 Å². The summed E-state index contributed by atoms with van der Waals surface area (Å²) in [5, 5.41) is 11.6. The zero-order chi connectivity index (χ0) is 14.0. The number of thiophene rings is 1. The van der Waals surface area contributed by atoms with Gasteiger partial charge in [0.1, 0.15) is 0 Å². The first kappa shape index (κ1) is 13.5. The summed E-state index contributed by atoms with van der Waals surface area (Å²) in [5.74, 6) is -2.25. The molecule has 0 amide bonds. The summed E-state index contributed by atoms with van der Waals surface area (Å²) < 4.78 is 14.4. The Hall–Kier alpha value is -1.89. The van der Waals surface area contributed by atoms with Crippen molar-refractivity contribution in [2.24, 2.45) is 0 Å². The monoisotopic (exact) mass is 284 g/mol. The lowest BCUT2D eigenvalue weighted by Crippen LogP contribution is -2.34. The molecule has 5 nitrogen and oxygen atoms in total. The number of nitrogens with one attached hydrogen (secondary N) is 1. The standard InChI is InChI=1S/C12H13FN2O3S/c1-2-4-7(8-5-3-6-19-8)15-11(17)9(13)10(16)14-12(15)18/h3,5-7,17H,2,4H2,1H3,(H,14,16,18). The van der Waals surface area contributed by atoms with Crippen LogP contribution in [0.25, 0.3) is 0 Å². The average Bonchev–Trinajstić information content (AvgIpc) is 2.89. The van der Waals surface area contributed by atoms with Gasteiger partial charge in [-0.15, -0.1) is 11.3 Å². The van der Waals surface area contributed by atoms with Crippen molar-refractivity contribution in [1.29, 1.82) is 0 Å². The Kier molecular flexibility index (Phi) is 3.84. The molecule has 0 spiro atoms. The highest BCUT2D eigenvalue weighted by atomic mass is 32.1. The second-order valence-corrected chi connectivity index (χ2v) is 5.07. The van der Waals surface area contributed by atoms with Crippen LogP contribution in [0, 0.1) is 5.82 Å². The largest absolute Gasteiger partial charge is 0.492 e. The summed E-state index contributed by atoms with van der Waals surface area (Å²) in [6.45, 7) is 1.92. The van der Waals surface area contributed by atoms with Gasteiger partial charge >= 0.3 is 5.69 Å². The van der Waals surface area contributed by atoms with Gasteiger partial charge in [0.2, 0.25) is 11.7 Å². The van der Waals surface area contributed by atoms with E-state index in [1.54, 1.807) is 6.07 Å². The van der Waals surface area contributed by atoms with Crippen LogP contribution in [-0.2, 0) is 0 Å². The molecule has 0 aliphatic rings. The van der Waals surface area contributed by atoms with Crippen LogP contribution in [0.4, 0.5) is 4.39 Å². The van der Waals surface area contributed by atoms with Crippen LogP contribution < -0.4 is 11.2 Å². The van der Waals surface area contributed by atoms with Crippen molar-refractivity contribution in [1.82, 2.24) is 9.55 Å². The maximum Gasteiger partial charge on any atom is 0.331 e. The molecule has 0 fully saturated rings. The van der Waals surface area contributed by atoms with E-state index in [-0.39, 0.29) is 0 Å². The van der Waals surface area contributed by atoms with Crippen LogP contribution in [-0.4, -0.2) is 14.7 Å². The SMILES string of the molecule is CCCC(c1cccs1)n1c(O)c(F)c(=O)[nH]c1=O. The van der Waals surface area contributed by atoms with Gasteiger partial charge in [-0.1, -0.05) is 19.4 Å². The predicted octanol–water partition coefficient (Wildman–Crippen LogP) is 1.83. The third-order valence-corrected chi connectivity index (χ3v) is 3.78. The summed E-state index contributed by atoms with van der Waals surface area (Å²) in [6, 6.07) is 3.14. The smallest absolute Gasteiger partial charge is 0.331 e. The summed E-state index contributed by atoms with van der Waals surface area (Å²) in [7, 11) is 0. The first-order valence-corrected chi connectivity index (χ1v) is 6.71. The minimum absolute atomic E-state index is 0.483. The van der Waals surface area contributed by atoms with E-state index in [1.165, 1.54) is 11.3 Å². The topological polar surface area (TPSA) is 75.1 Å². The third-order valence-electron chi connectivity index (χ3n) is 2.81. The highest BCUT2D eigenvalue weighted by molar-refractivity contribution is 7.10. The number of rotatable bonds is 4. The molecule has 7 heteroatoms. The lowest BCUT2D eigenvalue weighted by molar-refractivity contribution is 0.340. The molecular weight excluding hydrogens is 271 g/mol. The van der Waals surface area contributed by atoms with Crippen molar-refractivity contribution in [3.05, 3.63) is 49.0 Å². The van der Waals surface area contributed by atoms with Gasteiger partial charge in [-0.05, 0) is 17.9 Å². The minimum Gasteiger partial charge on any atom is -0.492 e. The molecule has 0 saturated heterocycles. The van der Waals surface area contributed by atoms with E-state index >= 15 is 0 Å². The summed E-state index contributed by atoms with van der Waals surface area (Å²) in [6.07, 6.45) is 1.30. The Morgan fingerprint density at radius 1 is 1.53 bits per heavy atom. The van der Waals surface area contributed by atoms with Crippen LogP contribution >= 0.6 is 11.3 Å². The van der Waals surface area contributed by atoms with Crippen molar-refractivity contribution >= 4 is 11.3 Å². The molecule has 102 valence electrons. The Morgan fingerprint density at radius 2 is 2.26 bits per heavy atom. The molecule has 0 aromatic carbocycles. The first-order valence-electron chi connectivity index (χ1n) is 5.83. The van der Waals surface area contributed by atoms with Crippen LogP contribution in [0.3, 0.4) is 0 Å². The van der Waals surface area contributed by atoms with Crippen molar-refractivity contribution in [2.45, 2.75) is 25.8 Å². The minimum atomic E-state index is -1.34. The van der Waals surface area contributed by atoms with Gasteiger partial charge in [0, 0.05) is 4.88 Å². The molecule has 19 heavy (non-hydrogen) atoms. The summed E-state index contributed by atoms with van der Waals surface area (Å²) >= 11 is 1.41. The number of hydrogen-bond acceptors (Lipinski definition) is 4. The zero-order valence-corrected chi connectivity index (χ0v) is 11.0. The molecule has 0 aliphatic carbocycles. The van der Waals surface area contributed by atoms with Crippen molar-refractivity contribution in [2.75, 3.05) is 0 Å². The number of nitrogens with zero attached hydrogens (tertiary/aromatic N) is 1. The van der Waals surface area contributed by atoms with Crippen molar-refractivity contribution < 1.29 is 9.50 Å². The van der Waals surface area contributed by atoms with E-state index in [0.29, 0.717) is 6.42 Å². The van der Waals surface area contributed by atoms with Gasteiger partial charge in [-0.3, -0.25) is 14.3 Å². The molecule has 0 bridgehead atoms. The van der Waals surface area contributed by atoms with Crippen LogP contribution in [0.15, 0.2) is 27.1 Å². The maximum atomic E-state index is 13.5. The number of H-pyrrole nitrogens is 1. The Bertz CT molecular complexity index is 675. The van der Waals surface area contributed by atoms with E-state index in [1.807, 2.05) is 23.4 Å². The molecule has 1 atom stereocenters. The molecule has 2 rings (SSSR count). The molecule has 0 radical (unpaired) electrons. The fourth-order valence-corrected chi connectivity index (χ4v) is 2.81. The van der Waals surface area contributed by atoms with E-state index in [4.69, 9.17) is 0 Å². The number of halogens is 1. The maximum absolute atomic E-state index is 13.5. The summed E-state index contributed by atoms with van der Waals surface area (Å²) in [4.78, 5) is 25.6. The second kappa shape index (κ2) is 5.40. The number of aromatic hydroxyl groups is 1.